The van der Waals surface area contributed by atoms with Crippen LogP contribution in [0.15, 0.2) is 4.90 Å². The molecule has 20 heavy (non-hydrogen) atoms. The van der Waals surface area contributed by atoms with E-state index in [1.54, 1.807) is 21.0 Å². The zero-order valence-electron chi connectivity index (χ0n) is 12.1. The molecule has 2 rings (SSSR count). The van der Waals surface area contributed by atoms with E-state index < -0.39 is 10.0 Å². The number of hydrogen-bond acceptors (Lipinski definition) is 5. The van der Waals surface area contributed by atoms with Gasteiger partial charge in [-0.15, -0.1) is 0 Å². The molecule has 2 heterocycles. The van der Waals surface area contributed by atoms with Gasteiger partial charge in [0, 0.05) is 26.7 Å². The van der Waals surface area contributed by atoms with E-state index in [0.717, 1.165) is 12.8 Å². The van der Waals surface area contributed by atoms with Crippen LogP contribution in [0, 0.1) is 6.92 Å². The van der Waals surface area contributed by atoms with Crippen molar-refractivity contribution < 1.29 is 13.2 Å². The van der Waals surface area contributed by atoms with Gasteiger partial charge >= 0.3 is 0 Å². The summed E-state index contributed by atoms with van der Waals surface area (Å²) in [6.07, 6.45) is 1.90. The molecule has 8 heteroatoms. The van der Waals surface area contributed by atoms with Crippen LogP contribution >= 0.6 is 0 Å². The Morgan fingerprint density at radius 3 is 2.90 bits per heavy atom. The van der Waals surface area contributed by atoms with Crippen molar-refractivity contribution in [2.75, 3.05) is 27.2 Å². The van der Waals surface area contributed by atoms with E-state index in [9.17, 15) is 8.42 Å². The topological polar surface area (TPSA) is 87.3 Å². The molecule has 114 valence electrons. The van der Waals surface area contributed by atoms with Crippen molar-refractivity contribution in [1.29, 1.82) is 0 Å². The number of ether oxygens (including phenoxy) is 1. The Morgan fingerprint density at radius 1 is 1.55 bits per heavy atom. The number of sulfonamides is 1. The molecule has 0 bridgehead atoms. The van der Waals surface area contributed by atoms with Crippen LogP contribution in [0.1, 0.15) is 24.2 Å². The lowest BCUT2D eigenvalue weighted by Gasteiger charge is -2.20. The SMILES string of the molecule is CNCc1n[nH]c(C)c1S(=O)(=O)N(C)CC1CCCO1. The molecular weight excluding hydrogens is 280 g/mol. The number of aromatic nitrogens is 2. The van der Waals surface area contributed by atoms with Gasteiger partial charge in [-0.1, -0.05) is 0 Å². The summed E-state index contributed by atoms with van der Waals surface area (Å²) < 4.78 is 32.2. The van der Waals surface area contributed by atoms with E-state index in [2.05, 4.69) is 15.5 Å². The minimum Gasteiger partial charge on any atom is -0.377 e. The summed E-state index contributed by atoms with van der Waals surface area (Å²) in [4.78, 5) is 0.271. The molecule has 2 N–H and O–H groups in total. The molecule has 0 saturated carbocycles. The fourth-order valence-corrected chi connectivity index (χ4v) is 3.95. The van der Waals surface area contributed by atoms with Gasteiger partial charge in [-0.3, -0.25) is 5.10 Å². The lowest BCUT2D eigenvalue weighted by molar-refractivity contribution is 0.0978. The quantitative estimate of drug-likeness (QED) is 0.786. The van der Waals surface area contributed by atoms with E-state index in [1.807, 2.05) is 0 Å². The molecule has 0 aromatic carbocycles. The number of nitrogens with zero attached hydrogens (tertiary/aromatic N) is 2. The Kier molecular flexibility index (Phi) is 4.79. The van der Waals surface area contributed by atoms with Crippen LogP contribution in [0.4, 0.5) is 0 Å². The first-order valence-electron chi connectivity index (χ1n) is 6.73. The van der Waals surface area contributed by atoms with Crippen molar-refractivity contribution in [3.8, 4) is 0 Å². The van der Waals surface area contributed by atoms with Crippen LogP contribution in [0.2, 0.25) is 0 Å². The minimum atomic E-state index is -3.55. The zero-order valence-corrected chi connectivity index (χ0v) is 13.0. The van der Waals surface area contributed by atoms with Crippen molar-refractivity contribution >= 4 is 10.0 Å². The fraction of sp³-hybridized carbons (Fsp3) is 0.750. The number of likely N-dealkylation sites (N-methyl/N-ethyl adjacent to an activating group) is 1. The van der Waals surface area contributed by atoms with Gasteiger partial charge in [0.15, 0.2) is 0 Å². The van der Waals surface area contributed by atoms with Crippen LogP contribution in [0.3, 0.4) is 0 Å². The first kappa shape index (κ1) is 15.4. The number of aromatic amines is 1. The Morgan fingerprint density at radius 2 is 2.30 bits per heavy atom. The predicted molar refractivity (Wildman–Crippen MR) is 74.9 cm³/mol. The van der Waals surface area contributed by atoms with Gasteiger partial charge in [-0.05, 0) is 26.8 Å². The maximum Gasteiger partial charge on any atom is 0.246 e. The molecule has 7 nitrogen and oxygen atoms in total. The number of rotatable bonds is 6. The Labute approximate surface area is 119 Å². The molecule has 1 aliphatic heterocycles. The Bertz CT molecular complexity index is 549. The summed E-state index contributed by atoms with van der Waals surface area (Å²) in [6, 6.07) is 0. The summed E-state index contributed by atoms with van der Waals surface area (Å²) in [7, 11) is -0.197. The highest BCUT2D eigenvalue weighted by Crippen LogP contribution is 2.23. The molecule has 1 aromatic heterocycles. The van der Waals surface area contributed by atoms with Gasteiger partial charge < -0.3 is 10.1 Å². The molecule has 1 aromatic rings. The molecule has 1 aliphatic rings. The summed E-state index contributed by atoms with van der Waals surface area (Å²) in [5.41, 5.74) is 1.08. The largest absolute Gasteiger partial charge is 0.377 e. The second kappa shape index (κ2) is 6.21. The number of aryl methyl sites for hydroxylation is 1. The highest BCUT2D eigenvalue weighted by atomic mass is 32.2. The van der Waals surface area contributed by atoms with Gasteiger partial charge in [0.2, 0.25) is 10.0 Å². The Balaban J connectivity index is 2.22. The second-order valence-electron chi connectivity index (χ2n) is 5.08. The fourth-order valence-electron chi connectivity index (χ4n) is 2.43. The van der Waals surface area contributed by atoms with Crippen LogP contribution in [0.25, 0.3) is 0 Å². The zero-order chi connectivity index (χ0) is 14.8. The highest BCUT2D eigenvalue weighted by Gasteiger charge is 2.30. The summed E-state index contributed by atoms with van der Waals surface area (Å²) in [5.74, 6) is 0. The predicted octanol–water partition coefficient (Wildman–Crippen LogP) is 0.237. The van der Waals surface area contributed by atoms with Gasteiger partial charge in [-0.2, -0.15) is 9.40 Å². The summed E-state index contributed by atoms with van der Waals surface area (Å²) in [6.45, 7) is 3.23. The van der Waals surface area contributed by atoms with Gasteiger partial charge in [0.25, 0.3) is 0 Å². The average molecular weight is 302 g/mol. The van der Waals surface area contributed by atoms with Gasteiger partial charge in [0.05, 0.1) is 17.5 Å². The van der Waals surface area contributed by atoms with E-state index in [0.29, 0.717) is 31.1 Å². The van der Waals surface area contributed by atoms with Gasteiger partial charge in [0.1, 0.15) is 4.90 Å². The van der Waals surface area contributed by atoms with E-state index in [4.69, 9.17) is 4.74 Å². The molecule has 0 spiro atoms. The summed E-state index contributed by atoms with van der Waals surface area (Å²) >= 11 is 0. The van der Waals surface area contributed by atoms with E-state index >= 15 is 0 Å². The molecule has 0 radical (unpaired) electrons. The van der Waals surface area contributed by atoms with Crippen LogP contribution in [-0.4, -0.2) is 56.3 Å². The molecule has 1 saturated heterocycles. The van der Waals surface area contributed by atoms with Crippen LogP contribution in [0.5, 0.6) is 0 Å². The van der Waals surface area contributed by atoms with Crippen molar-refractivity contribution in [3.05, 3.63) is 11.4 Å². The molecule has 0 aliphatic carbocycles. The molecule has 0 amide bonds. The number of H-pyrrole nitrogens is 1. The van der Waals surface area contributed by atoms with Crippen LogP contribution < -0.4 is 5.32 Å². The second-order valence-corrected chi connectivity index (χ2v) is 7.06. The molecular formula is C12H22N4O3S. The maximum absolute atomic E-state index is 12.7. The molecule has 1 unspecified atom stereocenters. The third-order valence-corrected chi connectivity index (χ3v) is 5.49. The van der Waals surface area contributed by atoms with Crippen molar-refractivity contribution in [2.45, 2.75) is 37.3 Å². The smallest absolute Gasteiger partial charge is 0.246 e. The number of nitrogens with one attached hydrogen (secondary N) is 2. The normalized spacial score (nSPS) is 19.9. The summed E-state index contributed by atoms with van der Waals surface area (Å²) in [5, 5.41) is 9.74. The third kappa shape index (κ3) is 3.03. The average Bonchev–Trinajstić information content (AvgIpc) is 3.00. The molecule has 1 fully saturated rings. The van der Waals surface area contributed by atoms with Crippen molar-refractivity contribution in [1.82, 2.24) is 19.8 Å². The standard InChI is InChI=1S/C12H22N4O3S/c1-9-12(11(7-13-2)15-14-9)20(17,18)16(3)8-10-5-4-6-19-10/h10,13H,4-8H2,1-3H3,(H,14,15). The first-order valence-corrected chi connectivity index (χ1v) is 8.17. The highest BCUT2D eigenvalue weighted by molar-refractivity contribution is 7.89. The van der Waals surface area contributed by atoms with Crippen molar-refractivity contribution in [2.24, 2.45) is 0 Å². The van der Waals surface area contributed by atoms with Crippen molar-refractivity contribution in [3.63, 3.8) is 0 Å². The van der Waals surface area contributed by atoms with E-state index in [1.165, 1.54) is 4.31 Å². The van der Waals surface area contributed by atoms with Gasteiger partial charge in [-0.25, -0.2) is 8.42 Å². The minimum absolute atomic E-state index is 0.00488. The lowest BCUT2D eigenvalue weighted by Crippen LogP contribution is -2.34. The Hall–Kier alpha value is -0.960. The third-order valence-electron chi connectivity index (χ3n) is 3.46. The number of hydrogen-bond donors (Lipinski definition) is 2. The van der Waals surface area contributed by atoms with E-state index in [-0.39, 0.29) is 11.0 Å². The first-order chi connectivity index (χ1) is 9.46. The monoisotopic (exact) mass is 302 g/mol. The molecule has 1 atom stereocenters. The van der Waals surface area contributed by atoms with Crippen LogP contribution in [-0.2, 0) is 21.3 Å². The maximum atomic E-state index is 12.7. The lowest BCUT2D eigenvalue weighted by atomic mass is 10.2.